The van der Waals surface area contributed by atoms with Crippen molar-refractivity contribution < 1.29 is 9.53 Å². The third kappa shape index (κ3) is 3.10. The summed E-state index contributed by atoms with van der Waals surface area (Å²) >= 11 is 5.31. The first kappa shape index (κ1) is 15.8. The zero-order valence-corrected chi connectivity index (χ0v) is 15.3. The molecule has 2 aliphatic rings. The minimum Gasteiger partial charge on any atom is -0.488 e. The molecule has 0 spiro atoms. The number of carbonyl (C=O) groups is 1. The Hall–Kier alpha value is -1.72. The van der Waals surface area contributed by atoms with Crippen molar-refractivity contribution in [3.8, 4) is 5.75 Å². The third-order valence-corrected chi connectivity index (χ3v) is 5.86. The van der Waals surface area contributed by atoms with E-state index >= 15 is 0 Å². The molecule has 1 atom stereocenters. The monoisotopic (exact) mass is 401 g/mol. The Bertz CT molecular complexity index is 834. The fourth-order valence-corrected chi connectivity index (χ4v) is 4.53. The highest BCUT2D eigenvalue weighted by Gasteiger charge is 2.24. The van der Waals surface area contributed by atoms with Crippen molar-refractivity contribution in [3.63, 3.8) is 0 Å². The smallest absolute Gasteiger partial charge is 0.251 e. The Balaban J connectivity index is 1.56. The lowest BCUT2D eigenvalue weighted by Crippen LogP contribution is -2.33. The first-order chi connectivity index (χ1) is 11.7. The molecule has 1 unspecified atom stereocenters. The highest BCUT2D eigenvalue weighted by atomic mass is 79.9. The summed E-state index contributed by atoms with van der Waals surface area (Å²) in [7, 11) is 0. The molecule has 2 aromatic carbocycles. The first-order valence-corrected chi connectivity index (χ1v) is 9.64. The van der Waals surface area contributed by atoms with Gasteiger partial charge < -0.3 is 10.1 Å². The van der Waals surface area contributed by atoms with E-state index in [0.29, 0.717) is 12.2 Å². The maximum atomic E-state index is 12.7. The van der Waals surface area contributed by atoms with Gasteiger partial charge in [0.05, 0.1) is 11.6 Å². The standard InChI is InChI=1S/C19H16BrNO2S/c20-14-5-6-17-12(10-14)9-13(11-23-17)19(22)21-16-7-8-24-18-4-2-1-3-15(16)18/h1-6,9-10,16H,7-8,11H2,(H,21,22). The normalized spacial score (nSPS) is 18.7. The molecular formula is C19H16BrNO2S. The van der Waals surface area contributed by atoms with Crippen LogP contribution < -0.4 is 10.1 Å². The molecule has 2 heterocycles. The molecule has 122 valence electrons. The van der Waals surface area contributed by atoms with Crippen LogP contribution >= 0.6 is 27.7 Å². The fourth-order valence-electron chi connectivity index (χ4n) is 3.02. The lowest BCUT2D eigenvalue weighted by Gasteiger charge is -2.27. The number of fused-ring (bicyclic) bond motifs is 2. The quantitative estimate of drug-likeness (QED) is 0.800. The number of rotatable bonds is 2. The summed E-state index contributed by atoms with van der Waals surface area (Å²) in [5.41, 5.74) is 2.80. The van der Waals surface area contributed by atoms with Crippen molar-refractivity contribution in [2.24, 2.45) is 0 Å². The van der Waals surface area contributed by atoms with Crippen molar-refractivity contribution in [2.45, 2.75) is 17.4 Å². The minimum atomic E-state index is -0.0488. The number of nitrogens with one attached hydrogen (secondary N) is 1. The highest BCUT2D eigenvalue weighted by Crippen LogP contribution is 2.36. The van der Waals surface area contributed by atoms with E-state index in [1.807, 2.05) is 48.2 Å². The molecule has 2 aromatic rings. The largest absolute Gasteiger partial charge is 0.488 e. The maximum Gasteiger partial charge on any atom is 0.251 e. The minimum absolute atomic E-state index is 0.0488. The topological polar surface area (TPSA) is 38.3 Å². The van der Waals surface area contributed by atoms with Crippen LogP contribution in [0.5, 0.6) is 5.75 Å². The molecule has 3 nitrogen and oxygen atoms in total. The van der Waals surface area contributed by atoms with Crippen LogP contribution in [-0.2, 0) is 4.79 Å². The average molecular weight is 402 g/mol. The van der Waals surface area contributed by atoms with Gasteiger partial charge in [0.1, 0.15) is 12.4 Å². The Morgan fingerprint density at radius 3 is 3.04 bits per heavy atom. The van der Waals surface area contributed by atoms with Crippen molar-refractivity contribution in [1.29, 1.82) is 0 Å². The van der Waals surface area contributed by atoms with Gasteiger partial charge >= 0.3 is 0 Å². The molecule has 0 saturated heterocycles. The summed E-state index contributed by atoms with van der Waals surface area (Å²) in [6.45, 7) is 0.309. The fraction of sp³-hybridized carbons (Fsp3) is 0.211. The molecule has 0 fully saturated rings. The number of amides is 1. The maximum absolute atomic E-state index is 12.7. The van der Waals surface area contributed by atoms with Gasteiger partial charge in [0.15, 0.2) is 0 Å². The van der Waals surface area contributed by atoms with Crippen molar-refractivity contribution >= 4 is 39.7 Å². The molecule has 4 rings (SSSR count). The SMILES string of the molecule is O=C(NC1CCSc2ccccc21)C1=Cc2cc(Br)ccc2OC1. The number of hydrogen-bond acceptors (Lipinski definition) is 3. The molecule has 24 heavy (non-hydrogen) atoms. The zero-order valence-electron chi connectivity index (χ0n) is 12.9. The Morgan fingerprint density at radius 2 is 2.12 bits per heavy atom. The van der Waals surface area contributed by atoms with E-state index in [0.717, 1.165) is 28.0 Å². The lowest BCUT2D eigenvalue weighted by atomic mass is 10.0. The van der Waals surface area contributed by atoms with E-state index in [9.17, 15) is 4.79 Å². The van der Waals surface area contributed by atoms with Crippen molar-refractivity contribution in [3.05, 3.63) is 63.6 Å². The number of hydrogen-bond donors (Lipinski definition) is 1. The summed E-state index contributed by atoms with van der Waals surface area (Å²) in [5.74, 6) is 1.79. The molecule has 0 saturated carbocycles. The lowest BCUT2D eigenvalue weighted by molar-refractivity contribution is -0.118. The van der Waals surface area contributed by atoms with Gasteiger partial charge in [0.25, 0.3) is 5.91 Å². The number of halogens is 1. The van der Waals surface area contributed by atoms with E-state index in [2.05, 4.69) is 33.4 Å². The van der Waals surface area contributed by atoms with Crippen LogP contribution in [0.4, 0.5) is 0 Å². The van der Waals surface area contributed by atoms with E-state index in [4.69, 9.17) is 4.74 Å². The van der Waals surface area contributed by atoms with Crippen LogP contribution in [-0.4, -0.2) is 18.3 Å². The van der Waals surface area contributed by atoms with Gasteiger partial charge in [-0.05, 0) is 42.3 Å². The molecule has 1 N–H and O–H groups in total. The van der Waals surface area contributed by atoms with Gasteiger partial charge in [-0.15, -0.1) is 11.8 Å². The van der Waals surface area contributed by atoms with Gasteiger partial charge in [-0.2, -0.15) is 0 Å². The third-order valence-electron chi connectivity index (χ3n) is 4.24. The van der Waals surface area contributed by atoms with Gasteiger partial charge in [0, 0.05) is 20.7 Å². The number of thioether (sulfide) groups is 1. The summed E-state index contributed by atoms with van der Waals surface area (Å²) in [6, 6.07) is 14.2. The van der Waals surface area contributed by atoms with Gasteiger partial charge in [-0.1, -0.05) is 34.1 Å². The predicted molar refractivity (Wildman–Crippen MR) is 100 cm³/mol. The second-order valence-corrected chi connectivity index (χ2v) is 7.89. The van der Waals surface area contributed by atoms with Crippen LogP contribution in [0.3, 0.4) is 0 Å². The second kappa shape index (κ2) is 6.65. The van der Waals surface area contributed by atoms with Crippen molar-refractivity contribution in [1.82, 2.24) is 5.32 Å². The van der Waals surface area contributed by atoms with E-state index in [1.165, 1.54) is 10.5 Å². The Kier molecular flexibility index (Phi) is 4.37. The first-order valence-electron chi connectivity index (χ1n) is 7.86. The van der Waals surface area contributed by atoms with Crippen LogP contribution in [0, 0.1) is 0 Å². The number of benzene rings is 2. The second-order valence-electron chi connectivity index (χ2n) is 5.84. The average Bonchev–Trinajstić information content (AvgIpc) is 2.61. The van der Waals surface area contributed by atoms with E-state index in [-0.39, 0.29) is 11.9 Å². The van der Waals surface area contributed by atoms with Crippen LogP contribution in [0.25, 0.3) is 6.08 Å². The molecular weight excluding hydrogens is 386 g/mol. The predicted octanol–water partition coefficient (Wildman–Crippen LogP) is 4.58. The summed E-state index contributed by atoms with van der Waals surface area (Å²) in [6.07, 6.45) is 2.87. The molecule has 0 aliphatic carbocycles. The summed E-state index contributed by atoms with van der Waals surface area (Å²) < 4.78 is 6.69. The molecule has 0 aromatic heterocycles. The van der Waals surface area contributed by atoms with Gasteiger partial charge in [-0.25, -0.2) is 0 Å². The molecule has 2 aliphatic heterocycles. The highest BCUT2D eigenvalue weighted by molar-refractivity contribution is 9.10. The molecule has 1 amide bonds. The zero-order chi connectivity index (χ0) is 16.5. The number of carbonyl (C=O) groups excluding carboxylic acids is 1. The summed E-state index contributed by atoms with van der Waals surface area (Å²) in [5, 5.41) is 3.18. The van der Waals surface area contributed by atoms with E-state index in [1.54, 1.807) is 0 Å². The van der Waals surface area contributed by atoms with Crippen LogP contribution in [0.15, 0.2) is 57.4 Å². The van der Waals surface area contributed by atoms with Gasteiger partial charge in [0.2, 0.25) is 0 Å². The molecule has 0 radical (unpaired) electrons. The Morgan fingerprint density at radius 1 is 1.25 bits per heavy atom. The van der Waals surface area contributed by atoms with Crippen LogP contribution in [0.1, 0.15) is 23.6 Å². The Labute approximate surface area is 153 Å². The van der Waals surface area contributed by atoms with Gasteiger partial charge in [-0.3, -0.25) is 4.79 Å². The summed E-state index contributed by atoms with van der Waals surface area (Å²) in [4.78, 5) is 14.0. The number of ether oxygens (including phenoxy) is 1. The van der Waals surface area contributed by atoms with Crippen LogP contribution in [0.2, 0.25) is 0 Å². The van der Waals surface area contributed by atoms with E-state index < -0.39 is 0 Å². The molecule has 5 heteroatoms. The van der Waals surface area contributed by atoms with Crippen molar-refractivity contribution in [2.75, 3.05) is 12.4 Å². The molecule has 0 bridgehead atoms.